The topological polar surface area (TPSA) is 71.0 Å². The zero-order valence-corrected chi connectivity index (χ0v) is 13.8. The molecular formula is C18H19BN2O4. The van der Waals surface area contributed by atoms with Crippen molar-refractivity contribution in [2.24, 2.45) is 0 Å². The summed E-state index contributed by atoms with van der Waals surface area (Å²) in [5.41, 5.74) is 3.84. The normalized spacial score (nSPS) is 16.7. The van der Waals surface area contributed by atoms with Gasteiger partial charge in [-0.15, -0.1) is 0 Å². The second kappa shape index (κ2) is 6.88. The first kappa shape index (κ1) is 16.1. The van der Waals surface area contributed by atoms with Gasteiger partial charge in [-0.1, -0.05) is 18.2 Å². The number of fused-ring (bicyclic) bond motifs is 1. The number of hydrogen-bond acceptors (Lipinski definition) is 5. The molecule has 128 valence electrons. The van der Waals surface area contributed by atoms with E-state index in [1.165, 1.54) is 0 Å². The van der Waals surface area contributed by atoms with Gasteiger partial charge in [-0.2, -0.15) is 0 Å². The number of morpholine rings is 1. The van der Waals surface area contributed by atoms with E-state index in [0.717, 1.165) is 30.0 Å². The lowest BCUT2D eigenvalue weighted by Crippen LogP contribution is -2.36. The molecule has 2 heterocycles. The second-order valence-electron chi connectivity index (χ2n) is 6.15. The maximum Gasteiger partial charge on any atom is 0.491 e. The molecule has 0 unspecified atom stereocenters. The Morgan fingerprint density at radius 3 is 2.80 bits per heavy atom. The van der Waals surface area contributed by atoms with Crippen molar-refractivity contribution in [2.45, 2.75) is 6.61 Å². The average molecular weight is 338 g/mol. The van der Waals surface area contributed by atoms with E-state index >= 15 is 0 Å². The fourth-order valence-corrected chi connectivity index (χ4v) is 3.21. The van der Waals surface area contributed by atoms with Crippen LogP contribution in [-0.4, -0.2) is 44.4 Å². The number of benzene rings is 2. The quantitative estimate of drug-likeness (QED) is 0.817. The van der Waals surface area contributed by atoms with Crippen molar-refractivity contribution in [3.05, 3.63) is 53.6 Å². The van der Waals surface area contributed by atoms with Crippen LogP contribution in [0.1, 0.15) is 15.9 Å². The van der Waals surface area contributed by atoms with Crippen LogP contribution in [0.4, 0.5) is 11.4 Å². The van der Waals surface area contributed by atoms with Gasteiger partial charge in [0, 0.05) is 18.7 Å². The number of nitrogens with one attached hydrogen (secondary N) is 1. The molecule has 2 aromatic rings. The van der Waals surface area contributed by atoms with Crippen molar-refractivity contribution in [2.75, 3.05) is 36.5 Å². The summed E-state index contributed by atoms with van der Waals surface area (Å²) in [5, 5.41) is 12.8. The molecule has 0 bridgehead atoms. The van der Waals surface area contributed by atoms with E-state index in [4.69, 9.17) is 9.39 Å². The Hall–Kier alpha value is -2.35. The smallest absolute Gasteiger partial charge is 0.423 e. The minimum Gasteiger partial charge on any atom is -0.423 e. The number of amides is 1. The van der Waals surface area contributed by atoms with Crippen LogP contribution in [0.25, 0.3) is 0 Å². The fraction of sp³-hybridized carbons (Fsp3) is 0.278. The third kappa shape index (κ3) is 3.26. The summed E-state index contributed by atoms with van der Waals surface area (Å²) in [6.07, 6.45) is 0. The Kier molecular flexibility index (Phi) is 4.44. The largest absolute Gasteiger partial charge is 0.491 e. The molecule has 2 aromatic carbocycles. The summed E-state index contributed by atoms with van der Waals surface area (Å²) in [4.78, 5) is 14.9. The van der Waals surface area contributed by atoms with E-state index in [2.05, 4.69) is 10.2 Å². The van der Waals surface area contributed by atoms with Gasteiger partial charge in [0.05, 0.1) is 31.2 Å². The van der Waals surface area contributed by atoms with Gasteiger partial charge in [0.2, 0.25) is 0 Å². The van der Waals surface area contributed by atoms with Crippen LogP contribution in [0.5, 0.6) is 0 Å². The number of ether oxygens (including phenoxy) is 1. The number of anilines is 2. The lowest BCUT2D eigenvalue weighted by atomic mass is 9.79. The maximum absolute atomic E-state index is 12.7. The second-order valence-corrected chi connectivity index (χ2v) is 6.15. The van der Waals surface area contributed by atoms with Crippen molar-refractivity contribution in [3.63, 3.8) is 0 Å². The molecule has 0 saturated carbocycles. The van der Waals surface area contributed by atoms with Crippen molar-refractivity contribution >= 4 is 29.9 Å². The maximum atomic E-state index is 12.7. The molecule has 1 saturated heterocycles. The number of para-hydroxylation sites is 2. The molecule has 2 aliphatic heterocycles. The Morgan fingerprint density at radius 2 is 1.96 bits per heavy atom. The highest BCUT2D eigenvalue weighted by molar-refractivity contribution is 6.61. The molecule has 0 aromatic heterocycles. The summed E-state index contributed by atoms with van der Waals surface area (Å²) < 4.78 is 10.6. The lowest BCUT2D eigenvalue weighted by molar-refractivity contribution is 0.102. The molecule has 0 aliphatic carbocycles. The van der Waals surface area contributed by atoms with Gasteiger partial charge in [-0.25, -0.2) is 0 Å². The van der Waals surface area contributed by atoms with Gasteiger partial charge in [0.25, 0.3) is 5.91 Å². The Bertz CT molecular complexity index is 792. The van der Waals surface area contributed by atoms with E-state index in [1.807, 2.05) is 30.3 Å². The van der Waals surface area contributed by atoms with E-state index in [9.17, 15) is 9.82 Å². The number of hydrogen-bond donors (Lipinski definition) is 2. The summed E-state index contributed by atoms with van der Waals surface area (Å²) in [6, 6.07) is 13.0. The molecule has 6 nitrogen and oxygen atoms in total. The summed E-state index contributed by atoms with van der Waals surface area (Å²) in [5.74, 6) is -0.206. The molecule has 0 atom stereocenters. The molecule has 1 amide bonds. The van der Waals surface area contributed by atoms with Crippen LogP contribution in [0.2, 0.25) is 0 Å². The van der Waals surface area contributed by atoms with Gasteiger partial charge >= 0.3 is 7.12 Å². The van der Waals surface area contributed by atoms with Crippen LogP contribution >= 0.6 is 0 Å². The van der Waals surface area contributed by atoms with Gasteiger partial charge in [0.15, 0.2) is 0 Å². The third-order valence-corrected chi connectivity index (χ3v) is 4.57. The van der Waals surface area contributed by atoms with Crippen LogP contribution in [-0.2, 0) is 16.0 Å². The predicted molar refractivity (Wildman–Crippen MR) is 96.3 cm³/mol. The molecule has 7 heteroatoms. The SMILES string of the molecule is O=C(Nc1ccccc1N1CCOCC1)c1ccc2c(c1)B(O)OC2. The average Bonchev–Trinajstić information content (AvgIpc) is 3.03. The minimum absolute atomic E-state index is 0.206. The van der Waals surface area contributed by atoms with E-state index in [0.29, 0.717) is 30.8 Å². The summed E-state index contributed by atoms with van der Waals surface area (Å²) in [6.45, 7) is 3.35. The predicted octanol–water partition coefficient (Wildman–Crippen LogP) is 0.993. The van der Waals surface area contributed by atoms with Gasteiger partial charge < -0.3 is 24.6 Å². The molecule has 0 spiro atoms. The monoisotopic (exact) mass is 338 g/mol. The highest BCUT2D eigenvalue weighted by Gasteiger charge is 2.28. The molecule has 0 radical (unpaired) electrons. The van der Waals surface area contributed by atoms with Crippen molar-refractivity contribution < 1.29 is 19.2 Å². The first-order chi connectivity index (χ1) is 12.2. The number of carbonyl (C=O) groups excluding carboxylic acids is 1. The van der Waals surface area contributed by atoms with E-state index in [1.54, 1.807) is 12.1 Å². The fourth-order valence-electron chi connectivity index (χ4n) is 3.21. The van der Waals surface area contributed by atoms with Gasteiger partial charge in [0.1, 0.15) is 0 Å². The first-order valence-corrected chi connectivity index (χ1v) is 8.38. The zero-order chi connectivity index (χ0) is 17.2. The summed E-state index contributed by atoms with van der Waals surface area (Å²) >= 11 is 0. The molecule has 25 heavy (non-hydrogen) atoms. The van der Waals surface area contributed by atoms with Crippen molar-refractivity contribution in [1.29, 1.82) is 0 Å². The van der Waals surface area contributed by atoms with Gasteiger partial charge in [-0.3, -0.25) is 4.79 Å². The van der Waals surface area contributed by atoms with Crippen LogP contribution in [0.15, 0.2) is 42.5 Å². The minimum atomic E-state index is -0.955. The van der Waals surface area contributed by atoms with Gasteiger partial charge in [-0.05, 0) is 35.3 Å². The van der Waals surface area contributed by atoms with Crippen LogP contribution < -0.4 is 15.7 Å². The molecule has 2 N–H and O–H groups in total. The van der Waals surface area contributed by atoms with Crippen molar-refractivity contribution in [1.82, 2.24) is 0 Å². The van der Waals surface area contributed by atoms with E-state index < -0.39 is 7.12 Å². The number of carbonyl (C=O) groups is 1. The van der Waals surface area contributed by atoms with Crippen molar-refractivity contribution in [3.8, 4) is 0 Å². The standard InChI is InChI=1S/C18H19BN2O4/c22-18(13-5-6-14-12-25-19(23)15(14)11-13)20-16-3-1-2-4-17(16)21-7-9-24-10-8-21/h1-6,11,23H,7-10,12H2,(H,20,22). The number of nitrogens with zero attached hydrogens (tertiary/aromatic N) is 1. The first-order valence-electron chi connectivity index (χ1n) is 8.38. The number of rotatable bonds is 3. The van der Waals surface area contributed by atoms with Crippen LogP contribution in [0.3, 0.4) is 0 Å². The molecule has 1 fully saturated rings. The third-order valence-electron chi connectivity index (χ3n) is 4.57. The lowest BCUT2D eigenvalue weighted by Gasteiger charge is -2.30. The highest BCUT2D eigenvalue weighted by atomic mass is 16.5. The zero-order valence-electron chi connectivity index (χ0n) is 13.8. The molecule has 4 rings (SSSR count). The Balaban J connectivity index is 1.56. The van der Waals surface area contributed by atoms with E-state index in [-0.39, 0.29) is 5.91 Å². The highest BCUT2D eigenvalue weighted by Crippen LogP contribution is 2.27. The Labute approximate surface area is 146 Å². The molecular weight excluding hydrogens is 319 g/mol. The van der Waals surface area contributed by atoms with Crippen LogP contribution in [0, 0.1) is 0 Å². The Morgan fingerprint density at radius 1 is 1.16 bits per heavy atom. The summed E-state index contributed by atoms with van der Waals surface area (Å²) in [7, 11) is -0.955. The molecule has 2 aliphatic rings.